The molecule has 2 heterocycles. The summed E-state index contributed by atoms with van der Waals surface area (Å²) in [6, 6.07) is 16.6. The highest BCUT2D eigenvalue weighted by Crippen LogP contribution is 2.30. The Morgan fingerprint density at radius 3 is 2.86 bits per heavy atom. The van der Waals surface area contributed by atoms with Gasteiger partial charge in [0.1, 0.15) is 5.82 Å². The molecule has 0 bridgehead atoms. The number of pyridine rings is 1. The normalized spacial score (nSPS) is 16.5. The molecule has 2 aromatic carbocycles. The number of rotatable bonds is 6. The van der Waals surface area contributed by atoms with Gasteiger partial charge in [0, 0.05) is 54.0 Å². The van der Waals surface area contributed by atoms with Gasteiger partial charge >= 0.3 is 0 Å². The summed E-state index contributed by atoms with van der Waals surface area (Å²) < 4.78 is 12.6. The Hall–Kier alpha value is -2.44. The van der Waals surface area contributed by atoms with Gasteiger partial charge in [-0.15, -0.1) is 0 Å². The molecule has 1 aliphatic heterocycles. The molecule has 0 spiro atoms. The van der Waals surface area contributed by atoms with Crippen molar-refractivity contribution in [3.05, 3.63) is 59.7 Å². The second-order valence-corrected chi connectivity index (χ2v) is 8.95. The van der Waals surface area contributed by atoms with Gasteiger partial charge in [0.15, 0.2) is 0 Å². The van der Waals surface area contributed by atoms with Crippen molar-refractivity contribution in [3.63, 3.8) is 0 Å². The van der Waals surface area contributed by atoms with Gasteiger partial charge in [-0.25, -0.2) is 4.98 Å². The topological polar surface area (TPSA) is 57.3 Å². The summed E-state index contributed by atoms with van der Waals surface area (Å²) in [7, 11) is -0.963. The third-order valence-electron chi connectivity index (χ3n) is 5.27. The molecule has 29 heavy (non-hydrogen) atoms. The van der Waals surface area contributed by atoms with E-state index in [4.69, 9.17) is 4.98 Å². The van der Waals surface area contributed by atoms with Crippen molar-refractivity contribution < 1.29 is 4.21 Å². The van der Waals surface area contributed by atoms with E-state index < -0.39 is 10.8 Å². The molecular weight excluding hydrogens is 380 g/mol. The molecule has 0 saturated carbocycles. The zero-order valence-corrected chi connectivity index (χ0v) is 17.9. The fourth-order valence-corrected chi connectivity index (χ4v) is 5.00. The van der Waals surface area contributed by atoms with Crippen LogP contribution in [0.1, 0.15) is 18.1 Å². The van der Waals surface area contributed by atoms with Gasteiger partial charge in [0.25, 0.3) is 0 Å². The third-order valence-corrected chi connectivity index (χ3v) is 6.71. The molecule has 3 aromatic rings. The van der Waals surface area contributed by atoms with Crippen LogP contribution < -0.4 is 15.5 Å². The second kappa shape index (κ2) is 8.93. The molecule has 4 rings (SSSR count). The monoisotopic (exact) mass is 408 g/mol. The summed E-state index contributed by atoms with van der Waals surface area (Å²) in [5, 5.41) is 8.08. The average molecular weight is 409 g/mol. The molecule has 0 amide bonds. The Labute approximate surface area is 175 Å². The van der Waals surface area contributed by atoms with E-state index >= 15 is 0 Å². The number of benzene rings is 2. The minimum absolute atomic E-state index is 0.619. The number of nitrogens with zero attached hydrogens (tertiary/aromatic N) is 2. The van der Waals surface area contributed by atoms with Crippen molar-refractivity contribution in [2.45, 2.75) is 25.3 Å². The van der Waals surface area contributed by atoms with Gasteiger partial charge in [-0.2, -0.15) is 0 Å². The molecule has 2 N–H and O–H groups in total. The van der Waals surface area contributed by atoms with Crippen LogP contribution in [-0.4, -0.2) is 41.1 Å². The van der Waals surface area contributed by atoms with Crippen LogP contribution in [0.2, 0.25) is 0 Å². The number of nitrogens with one attached hydrogen (secondary N) is 2. The lowest BCUT2D eigenvalue weighted by molar-refractivity contribution is 0.683. The lowest BCUT2D eigenvalue weighted by atomic mass is 10.1. The highest BCUT2D eigenvalue weighted by atomic mass is 32.2. The smallest absolute Gasteiger partial charge is 0.131 e. The van der Waals surface area contributed by atoms with Crippen LogP contribution >= 0.6 is 0 Å². The van der Waals surface area contributed by atoms with Gasteiger partial charge in [0.05, 0.1) is 16.3 Å². The van der Waals surface area contributed by atoms with Crippen molar-refractivity contribution in [1.29, 1.82) is 0 Å². The van der Waals surface area contributed by atoms with E-state index in [-0.39, 0.29) is 0 Å². The van der Waals surface area contributed by atoms with Crippen molar-refractivity contribution in [2.75, 3.05) is 42.1 Å². The first-order valence-corrected chi connectivity index (χ1v) is 11.5. The van der Waals surface area contributed by atoms with Crippen molar-refractivity contribution in [1.82, 2.24) is 10.3 Å². The second-order valence-electron chi connectivity index (χ2n) is 7.41. The van der Waals surface area contributed by atoms with E-state index in [1.54, 1.807) is 0 Å². The summed E-state index contributed by atoms with van der Waals surface area (Å²) in [6.07, 6.45) is 0. The van der Waals surface area contributed by atoms with Crippen LogP contribution in [0.5, 0.6) is 0 Å². The van der Waals surface area contributed by atoms with Gasteiger partial charge in [0.2, 0.25) is 0 Å². The SMILES string of the molecule is CCNCCNc1cc(N2CCS(=O)c3ccccc3C2)nc2ccc(C)cc12. The lowest BCUT2D eigenvalue weighted by Gasteiger charge is -2.23. The van der Waals surface area contributed by atoms with Crippen LogP contribution in [0.25, 0.3) is 10.9 Å². The fourth-order valence-electron chi connectivity index (χ4n) is 3.74. The predicted molar refractivity (Wildman–Crippen MR) is 122 cm³/mol. The van der Waals surface area contributed by atoms with Crippen LogP contribution in [0.15, 0.2) is 53.4 Å². The average Bonchev–Trinajstić information content (AvgIpc) is 2.90. The fraction of sp³-hybridized carbons (Fsp3) is 0.348. The largest absolute Gasteiger partial charge is 0.383 e. The molecule has 1 atom stereocenters. The van der Waals surface area contributed by atoms with Crippen molar-refractivity contribution >= 4 is 33.2 Å². The molecule has 0 fully saturated rings. The first-order chi connectivity index (χ1) is 14.2. The first kappa shape index (κ1) is 19.9. The summed E-state index contributed by atoms with van der Waals surface area (Å²) in [5.41, 5.74) is 4.43. The first-order valence-electron chi connectivity index (χ1n) is 10.2. The molecule has 0 aliphatic carbocycles. The maximum Gasteiger partial charge on any atom is 0.131 e. The number of hydrogen-bond donors (Lipinski definition) is 2. The van der Waals surface area contributed by atoms with E-state index in [0.29, 0.717) is 5.75 Å². The lowest BCUT2D eigenvalue weighted by Crippen LogP contribution is -2.26. The van der Waals surface area contributed by atoms with Gasteiger partial charge in [-0.05, 0) is 37.2 Å². The minimum Gasteiger partial charge on any atom is -0.383 e. The van der Waals surface area contributed by atoms with Gasteiger partial charge < -0.3 is 15.5 Å². The van der Waals surface area contributed by atoms with Gasteiger partial charge in [-0.3, -0.25) is 4.21 Å². The highest BCUT2D eigenvalue weighted by Gasteiger charge is 2.21. The Kier molecular flexibility index (Phi) is 6.11. The van der Waals surface area contributed by atoms with Crippen molar-refractivity contribution in [3.8, 4) is 0 Å². The predicted octanol–water partition coefficient (Wildman–Crippen LogP) is 3.69. The molecular formula is C23H28N4OS. The summed E-state index contributed by atoms with van der Waals surface area (Å²) in [4.78, 5) is 8.16. The summed E-state index contributed by atoms with van der Waals surface area (Å²) in [6.45, 7) is 8.41. The molecule has 0 radical (unpaired) electrons. The number of aryl methyl sites for hydroxylation is 1. The number of fused-ring (bicyclic) bond motifs is 2. The standard InChI is InChI=1S/C23H28N4OS/c1-3-24-10-11-25-21-15-23(26-20-9-8-17(2)14-19(20)21)27-12-13-29(28)22-7-5-4-6-18(22)16-27/h4-9,14-15,24H,3,10-13,16H2,1-2H3,(H,25,26). The zero-order valence-electron chi connectivity index (χ0n) is 17.1. The molecule has 1 unspecified atom stereocenters. The van der Waals surface area contributed by atoms with Gasteiger partial charge in [-0.1, -0.05) is 36.8 Å². The third kappa shape index (κ3) is 4.43. The Morgan fingerprint density at radius 2 is 2.00 bits per heavy atom. The van der Waals surface area contributed by atoms with E-state index in [1.165, 1.54) is 5.56 Å². The van der Waals surface area contributed by atoms with E-state index in [1.807, 2.05) is 18.2 Å². The van der Waals surface area contributed by atoms with E-state index in [9.17, 15) is 4.21 Å². The Bertz CT molecular complexity index is 1040. The number of hydrogen-bond acceptors (Lipinski definition) is 5. The van der Waals surface area contributed by atoms with Crippen LogP contribution in [0, 0.1) is 6.92 Å². The molecule has 5 nitrogen and oxygen atoms in total. The van der Waals surface area contributed by atoms with E-state index in [2.05, 4.69) is 59.7 Å². The molecule has 1 aliphatic rings. The number of likely N-dealkylation sites (N-methyl/N-ethyl adjacent to an activating group) is 1. The maximum absolute atomic E-state index is 12.6. The van der Waals surface area contributed by atoms with Crippen molar-refractivity contribution in [2.24, 2.45) is 0 Å². The minimum atomic E-state index is -0.963. The number of aromatic nitrogens is 1. The highest BCUT2D eigenvalue weighted by molar-refractivity contribution is 7.85. The Balaban J connectivity index is 1.70. The maximum atomic E-state index is 12.6. The molecule has 0 saturated heterocycles. The molecule has 1 aromatic heterocycles. The zero-order chi connectivity index (χ0) is 20.2. The summed E-state index contributed by atoms with van der Waals surface area (Å²) in [5.74, 6) is 1.55. The van der Waals surface area contributed by atoms with Crippen LogP contribution in [-0.2, 0) is 17.3 Å². The van der Waals surface area contributed by atoms with Crippen LogP contribution in [0.3, 0.4) is 0 Å². The van der Waals surface area contributed by atoms with Crippen LogP contribution in [0.4, 0.5) is 11.5 Å². The summed E-state index contributed by atoms with van der Waals surface area (Å²) >= 11 is 0. The van der Waals surface area contributed by atoms with E-state index in [0.717, 1.165) is 65.6 Å². The molecule has 152 valence electrons. The quantitative estimate of drug-likeness (QED) is 0.609. The molecule has 6 heteroatoms. The number of anilines is 2. The Morgan fingerprint density at radius 1 is 1.14 bits per heavy atom.